The number of hydrogen-bond acceptors (Lipinski definition) is 3. The second kappa shape index (κ2) is 6.12. The van der Waals surface area contributed by atoms with Crippen LogP contribution in [0.1, 0.15) is 11.1 Å². The molecule has 1 aliphatic rings. The lowest BCUT2D eigenvalue weighted by molar-refractivity contribution is -0.127. The van der Waals surface area contributed by atoms with Gasteiger partial charge in [-0.25, -0.2) is 4.39 Å². The molecule has 1 aliphatic heterocycles. The summed E-state index contributed by atoms with van der Waals surface area (Å²) in [7, 11) is 1.19. The first-order chi connectivity index (χ1) is 12.2. The van der Waals surface area contributed by atoms with Crippen molar-refractivity contribution in [2.24, 2.45) is 5.10 Å². The van der Waals surface area contributed by atoms with E-state index in [1.807, 2.05) is 0 Å². The van der Waals surface area contributed by atoms with Crippen molar-refractivity contribution in [2.75, 3.05) is 12.1 Å². The number of anilines is 1. The largest absolute Gasteiger partial charge is 0.496 e. The van der Waals surface area contributed by atoms with Crippen molar-refractivity contribution in [1.29, 1.82) is 0 Å². The van der Waals surface area contributed by atoms with Crippen molar-refractivity contribution in [3.05, 3.63) is 59.7 Å². The number of hydrazone groups is 1. The molecule has 0 radical (unpaired) electrons. The number of benzene rings is 2. The van der Waals surface area contributed by atoms with Crippen LogP contribution in [0.5, 0.6) is 5.75 Å². The Kier molecular flexibility index (Phi) is 4.21. The third kappa shape index (κ3) is 2.71. The minimum absolute atomic E-state index is 0.0328. The molecule has 1 heterocycles. The monoisotopic (exact) mass is 366 g/mol. The molecule has 1 atom stereocenters. The Morgan fingerprint density at radius 1 is 1.12 bits per heavy atom. The number of carbonyl (C=O) groups excluding carboxylic acids is 1. The van der Waals surface area contributed by atoms with Gasteiger partial charge in [0.2, 0.25) is 0 Å². The minimum atomic E-state index is -5.15. The molecule has 0 bridgehead atoms. The summed E-state index contributed by atoms with van der Waals surface area (Å²) < 4.78 is 61.5. The maximum absolute atomic E-state index is 15.8. The number of amides is 1. The van der Waals surface area contributed by atoms with Crippen molar-refractivity contribution >= 4 is 17.3 Å². The first kappa shape index (κ1) is 17.9. The minimum Gasteiger partial charge on any atom is -0.496 e. The van der Waals surface area contributed by atoms with Crippen LogP contribution < -0.4 is 9.75 Å². The number of halogens is 4. The zero-order chi connectivity index (χ0) is 19.1. The Balaban J connectivity index is 2.24. The van der Waals surface area contributed by atoms with Crippen LogP contribution >= 0.6 is 0 Å². The topological polar surface area (TPSA) is 41.9 Å². The highest BCUT2D eigenvalue weighted by molar-refractivity contribution is 6.24. The van der Waals surface area contributed by atoms with Gasteiger partial charge in [0.1, 0.15) is 5.75 Å². The van der Waals surface area contributed by atoms with Crippen LogP contribution in [0.4, 0.5) is 23.2 Å². The molecule has 2 aromatic rings. The fourth-order valence-electron chi connectivity index (χ4n) is 2.79. The molecule has 1 unspecified atom stereocenters. The molecule has 0 aromatic heterocycles. The summed E-state index contributed by atoms with van der Waals surface area (Å²) in [5, 5.41) is 3.73. The van der Waals surface area contributed by atoms with Gasteiger partial charge in [0.05, 0.1) is 12.8 Å². The number of nitrogens with zero attached hydrogens (tertiary/aromatic N) is 2. The predicted octanol–water partition coefficient (Wildman–Crippen LogP) is 4.13. The van der Waals surface area contributed by atoms with Crippen molar-refractivity contribution < 1.29 is 27.1 Å². The van der Waals surface area contributed by atoms with E-state index in [4.69, 9.17) is 4.74 Å². The highest BCUT2D eigenvalue weighted by Crippen LogP contribution is 2.46. The average molecular weight is 366 g/mol. The number of rotatable bonds is 3. The van der Waals surface area contributed by atoms with E-state index in [1.54, 1.807) is 19.1 Å². The molecule has 0 aliphatic carbocycles. The molecule has 0 saturated heterocycles. The Labute approximate surface area is 146 Å². The van der Waals surface area contributed by atoms with Gasteiger partial charge in [0, 0.05) is 5.56 Å². The number of ether oxygens (including phenoxy) is 1. The van der Waals surface area contributed by atoms with E-state index in [1.165, 1.54) is 37.4 Å². The van der Waals surface area contributed by atoms with Crippen molar-refractivity contribution in [3.63, 3.8) is 0 Å². The average Bonchev–Trinajstić information content (AvgIpc) is 2.88. The van der Waals surface area contributed by atoms with Crippen LogP contribution in [0.2, 0.25) is 0 Å². The third-order valence-corrected chi connectivity index (χ3v) is 4.01. The van der Waals surface area contributed by atoms with Gasteiger partial charge >= 0.3 is 6.18 Å². The molecule has 26 heavy (non-hydrogen) atoms. The summed E-state index contributed by atoms with van der Waals surface area (Å²) >= 11 is 0. The van der Waals surface area contributed by atoms with Crippen molar-refractivity contribution in [2.45, 2.75) is 18.8 Å². The summed E-state index contributed by atoms with van der Waals surface area (Å²) in [6.45, 7) is 1.57. The summed E-state index contributed by atoms with van der Waals surface area (Å²) in [6.07, 6.45) is -5.15. The Bertz CT molecular complexity index is 881. The fraction of sp³-hybridized carbons (Fsp3) is 0.222. The van der Waals surface area contributed by atoms with E-state index in [0.717, 1.165) is 6.07 Å². The zero-order valence-corrected chi connectivity index (χ0v) is 13.8. The lowest BCUT2D eigenvalue weighted by Crippen LogP contribution is -2.45. The molecule has 2 aromatic carbocycles. The molecule has 136 valence electrons. The maximum atomic E-state index is 15.8. The van der Waals surface area contributed by atoms with Crippen LogP contribution in [0.25, 0.3) is 0 Å². The summed E-state index contributed by atoms with van der Waals surface area (Å²) in [5.41, 5.74) is -5.36. The summed E-state index contributed by atoms with van der Waals surface area (Å²) in [5.74, 6) is -1.61. The van der Waals surface area contributed by atoms with E-state index >= 15 is 4.39 Å². The molecular weight excluding hydrogens is 352 g/mol. The number of carbonyl (C=O) groups is 1. The highest BCUT2D eigenvalue weighted by Gasteiger charge is 2.64. The van der Waals surface area contributed by atoms with E-state index in [2.05, 4.69) is 5.10 Å². The van der Waals surface area contributed by atoms with Crippen LogP contribution in [0.15, 0.2) is 53.6 Å². The molecule has 8 heteroatoms. The van der Waals surface area contributed by atoms with Gasteiger partial charge in [0.25, 0.3) is 11.6 Å². The smallest absolute Gasteiger partial charge is 0.435 e. The van der Waals surface area contributed by atoms with Crippen LogP contribution in [-0.2, 0) is 10.5 Å². The Morgan fingerprint density at radius 2 is 1.77 bits per heavy atom. The fourth-order valence-corrected chi connectivity index (χ4v) is 2.79. The van der Waals surface area contributed by atoms with Gasteiger partial charge < -0.3 is 4.74 Å². The predicted molar refractivity (Wildman–Crippen MR) is 87.9 cm³/mol. The van der Waals surface area contributed by atoms with Crippen molar-refractivity contribution in [3.8, 4) is 5.75 Å². The lowest BCUT2D eigenvalue weighted by Gasteiger charge is -2.24. The van der Waals surface area contributed by atoms with Gasteiger partial charge in [0.15, 0.2) is 5.71 Å². The normalized spacial score (nSPS) is 20.3. The standard InChI is InChI=1S/C18H14F4N2O2/c1-11-8-9-14(26-2)13(10-11)17(19)15(18(20,21)22)23-24(16(17)25)12-6-4-3-5-7-12/h3-10H,1-2H3. The zero-order valence-electron chi connectivity index (χ0n) is 13.8. The van der Waals surface area contributed by atoms with E-state index in [0.29, 0.717) is 10.6 Å². The quantitative estimate of drug-likeness (QED) is 0.767. The third-order valence-electron chi connectivity index (χ3n) is 4.01. The molecule has 4 nitrogen and oxygen atoms in total. The lowest BCUT2D eigenvalue weighted by atomic mass is 9.88. The van der Waals surface area contributed by atoms with Gasteiger partial charge in [-0.05, 0) is 31.2 Å². The van der Waals surface area contributed by atoms with Crippen LogP contribution in [0.3, 0.4) is 0 Å². The number of hydrogen-bond donors (Lipinski definition) is 0. The van der Waals surface area contributed by atoms with Crippen LogP contribution in [0, 0.1) is 6.92 Å². The molecule has 0 N–H and O–H groups in total. The number of aryl methyl sites for hydroxylation is 1. The first-order valence-electron chi connectivity index (χ1n) is 7.59. The molecule has 0 fully saturated rings. The first-order valence-corrected chi connectivity index (χ1v) is 7.59. The Hall–Kier alpha value is -2.90. The molecular formula is C18H14F4N2O2. The highest BCUT2D eigenvalue weighted by atomic mass is 19.4. The van der Waals surface area contributed by atoms with E-state index < -0.39 is 29.0 Å². The summed E-state index contributed by atoms with van der Waals surface area (Å²) in [6, 6.07) is 11.4. The van der Waals surface area contributed by atoms with Gasteiger partial charge in [-0.2, -0.15) is 23.3 Å². The maximum Gasteiger partial charge on any atom is 0.435 e. The second-order valence-corrected chi connectivity index (χ2v) is 5.76. The molecule has 1 amide bonds. The number of alkyl halides is 4. The molecule has 0 saturated carbocycles. The molecule has 0 spiro atoms. The van der Waals surface area contributed by atoms with Crippen LogP contribution in [-0.4, -0.2) is 24.9 Å². The van der Waals surface area contributed by atoms with Crippen molar-refractivity contribution in [1.82, 2.24) is 0 Å². The van der Waals surface area contributed by atoms with E-state index in [9.17, 15) is 18.0 Å². The van der Waals surface area contributed by atoms with Gasteiger partial charge in [-0.1, -0.05) is 29.8 Å². The van der Waals surface area contributed by atoms with Gasteiger partial charge in [-0.3, -0.25) is 4.79 Å². The van der Waals surface area contributed by atoms with Gasteiger partial charge in [-0.15, -0.1) is 0 Å². The SMILES string of the molecule is COc1ccc(C)cc1C1(F)C(=O)N(c2ccccc2)N=C1C(F)(F)F. The Morgan fingerprint density at radius 3 is 2.35 bits per heavy atom. The second-order valence-electron chi connectivity index (χ2n) is 5.76. The number of para-hydroxylation sites is 1. The summed E-state index contributed by atoms with van der Waals surface area (Å²) in [4.78, 5) is 12.7. The van der Waals surface area contributed by atoms with E-state index in [-0.39, 0.29) is 11.4 Å². The number of methoxy groups -OCH3 is 1. The molecule has 3 rings (SSSR count).